The first-order valence-corrected chi connectivity index (χ1v) is 7.68. The molecule has 1 fully saturated rings. The highest BCUT2D eigenvalue weighted by atomic mass is 32.2. The molecule has 1 aliphatic rings. The first kappa shape index (κ1) is 14.3. The van der Waals surface area contributed by atoms with Crippen LogP contribution < -0.4 is 0 Å². The number of nitrogens with zero attached hydrogens (tertiary/aromatic N) is 2. The SMILES string of the molecule is CN1CCCCC1CCSc1ccc(C(=O)O)cn1. The number of pyridine rings is 1. The van der Waals surface area contributed by atoms with Crippen molar-refractivity contribution < 1.29 is 9.90 Å². The molecule has 0 spiro atoms. The molecule has 1 atom stereocenters. The summed E-state index contributed by atoms with van der Waals surface area (Å²) in [5, 5.41) is 9.70. The van der Waals surface area contributed by atoms with Gasteiger partial charge in [-0.25, -0.2) is 9.78 Å². The van der Waals surface area contributed by atoms with Gasteiger partial charge in [0.05, 0.1) is 10.6 Å². The van der Waals surface area contributed by atoms with Crippen molar-refractivity contribution in [2.45, 2.75) is 36.8 Å². The van der Waals surface area contributed by atoms with Crippen molar-refractivity contribution >= 4 is 17.7 Å². The first-order chi connectivity index (χ1) is 9.16. The monoisotopic (exact) mass is 280 g/mol. The summed E-state index contributed by atoms with van der Waals surface area (Å²) in [6, 6.07) is 4.10. The second-order valence-corrected chi connectivity index (χ2v) is 6.07. The molecule has 2 heterocycles. The molecule has 1 aromatic heterocycles. The summed E-state index contributed by atoms with van der Waals surface area (Å²) in [6.07, 6.45) is 6.55. The highest BCUT2D eigenvalue weighted by Gasteiger charge is 2.18. The van der Waals surface area contributed by atoms with Gasteiger partial charge in [-0.1, -0.05) is 6.42 Å². The van der Waals surface area contributed by atoms with Crippen molar-refractivity contribution in [3.63, 3.8) is 0 Å². The molecule has 0 aromatic carbocycles. The Morgan fingerprint density at radius 2 is 2.37 bits per heavy atom. The van der Waals surface area contributed by atoms with Gasteiger partial charge in [-0.15, -0.1) is 11.8 Å². The molecule has 1 aliphatic heterocycles. The Hall–Kier alpha value is -1.07. The normalized spacial score (nSPS) is 20.4. The zero-order chi connectivity index (χ0) is 13.7. The predicted octanol–water partition coefficient (Wildman–Crippen LogP) is 2.75. The Kier molecular flexibility index (Phi) is 5.22. The van der Waals surface area contributed by atoms with Crippen molar-refractivity contribution in [2.24, 2.45) is 0 Å². The molecule has 1 N–H and O–H groups in total. The molecule has 5 heteroatoms. The second-order valence-electron chi connectivity index (χ2n) is 4.96. The maximum Gasteiger partial charge on any atom is 0.337 e. The van der Waals surface area contributed by atoms with Crippen LogP contribution in [0.2, 0.25) is 0 Å². The van der Waals surface area contributed by atoms with Gasteiger partial charge in [-0.05, 0) is 45.0 Å². The van der Waals surface area contributed by atoms with E-state index >= 15 is 0 Å². The third kappa shape index (κ3) is 4.21. The average Bonchev–Trinajstić information content (AvgIpc) is 2.41. The highest BCUT2D eigenvalue weighted by Crippen LogP contribution is 2.22. The van der Waals surface area contributed by atoms with E-state index in [1.54, 1.807) is 23.9 Å². The van der Waals surface area contributed by atoms with E-state index in [2.05, 4.69) is 16.9 Å². The number of piperidine rings is 1. The molecule has 0 radical (unpaired) electrons. The summed E-state index contributed by atoms with van der Waals surface area (Å²) in [5.74, 6) is 0.113. The molecule has 0 amide bonds. The molecule has 104 valence electrons. The maximum absolute atomic E-state index is 10.7. The summed E-state index contributed by atoms with van der Waals surface area (Å²) in [6.45, 7) is 1.21. The lowest BCUT2D eigenvalue weighted by atomic mass is 10.0. The Morgan fingerprint density at radius 1 is 1.53 bits per heavy atom. The number of carboxylic acid groups (broad SMARTS) is 1. The van der Waals surface area contributed by atoms with E-state index in [-0.39, 0.29) is 5.56 Å². The minimum atomic E-state index is -0.923. The number of aromatic nitrogens is 1. The van der Waals surface area contributed by atoms with E-state index in [0.717, 1.165) is 10.8 Å². The molecular formula is C14H20N2O2S. The lowest BCUT2D eigenvalue weighted by molar-refractivity contribution is 0.0696. The van der Waals surface area contributed by atoms with Gasteiger partial charge in [0.1, 0.15) is 0 Å². The molecule has 1 saturated heterocycles. The van der Waals surface area contributed by atoms with Gasteiger partial charge in [0.15, 0.2) is 0 Å². The fraction of sp³-hybridized carbons (Fsp3) is 0.571. The van der Waals surface area contributed by atoms with E-state index in [9.17, 15) is 4.79 Å². The summed E-state index contributed by atoms with van der Waals surface area (Å²) in [4.78, 5) is 17.3. The second kappa shape index (κ2) is 6.91. The van der Waals surface area contributed by atoms with E-state index in [0.29, 0.717) is 6.04 Å². The van der Waals surface area contributed by atoms with Gasteiger partial charge in [0.25, 0.3) is 0 Å². The lowest BCUT2D eigenvalue weighted by Crippen LogP contribution is -2.36. The Labute approximate surface area is 118 Å². The number of carboxylic acids is 1. The molecule has 0 bridgehead atoms. The number of aromatic carboxylic acids is 1. The molecule has 4 nitrogen and oxygen atoms in total. The molecule has 1 aromatic rings. The minimum Gasteiger partial charge on any atom is -0.478 e. The maximum atomic E-state index is 10.7. The van der Waals surface area contributed by atoms with Crippen molar-refractivity contribution in [2.75, 3.05) is 19.3 Å². The third-order valence-corrected chi connectivity index (χ3v) is 4.58. The topological polar surface area (TPSA) is 53.4 Å². The number of hydrogen-bond acceptors (Lipinski definition) is 4. The van der Waals surface area contributed by atoms with Crippen molar-refractivity contribution in [1.82, 2.24) is 9.88 Å². The lowest BCUT2D eigenvalue weighted by Gasteiger charge is -2.32. The summed E-state index contributed by atoms with van der Waals surface area (Å²) in [5.41, 5.74) is 0.247. The fourth-order valence-corrected chi connectivity index (χ4v) is 3.29. The van der Waals surface area contributed by atoms with Crippen LogP contribution in [0.3, 0.4) is 0 Å². The number of rotatable bonds is 5. The van der Waals surface area contributed by atoms with Gasteiger partial charge in [-0.3, -0.25) is 0 Å². The molecule has 1 unspecified atom stereocenters. The third-order valence-electron chi connectivity index (χ3n) is 3.61. The number of hydrogen-bond donors (Lipinski definition) is 1. The van der Waals surface area contributed by atoms with Gasteiger partial charge in [0, 0.05) is 18.0 Å². The zero-order valence-electron chi connectivity index (χ0n) is 11.2. The summed E-state index contributed by atoms with van der Waals surface area (Å²) in [7, 11) is 2.20. The van der Waals surface area contributed by atoms with Crippen LogP contribution in [0.1, 0.15) is 36.0 Å². The van der Waals surface area contributed by atoms with Crippen LogP contribution in [0.5, 0.6) is 0 Å². The van der Waals surface area contributed by atoms with Crippen molar-refractivity contribution in [3.8, 4) is 0 Å². The fourth-order valence-electron chi connectivity index (χ4n) is 2.40. The molecule has 2 rings (SSSR count). The smallest absolute Gasteiger partial charge is 0.337 e. The average molecular weight is 280 g/mol. The molecular weight excluding hydrogens is 260 g/mol. The number of likely N-dealkylation sites (tertiary alicyclic amines) is 1. The summed E-state index contributed by atoms with van der Waals surface area (Å²) < 4.78 is 0. The van der Waals surface area contributed by atoms with Gasteiger partial charge >= 0.3 is 5.97 Å². The van der Waals surface area contributed by atoms with Crippen LogP contribution in [0, 0.1) is 0 Å². The quantitative estimate of drug-likeness (QED) is 0.841. The van der Waals surface area contributed by atoms with Crippen LogP contribution in [0.25, 0.3) is 0 Å². The zero-order valence-corrected chi connectivity index (χ0v) is 12.0. The molecule has 19 heavy (non-hydrogen) atoms. The Morgan fingerprint density at radius 3 is 3.00 bits per heavy atom. The van der Waals surface area contributed by atoms with E-state index in [4.69, 9.17) is 5.11 Å². The largest absolute Gasteiger partial charge is 0.478 e. The minimum absolute atomic E-state index is 0.247. The molecule has 0 saturated carbocycles. The first-order valence-electron chi connectivity index (χ1n) is 6.69. The standard InChI is InChI=1S/C14H20N2O2S/c1-16-8-3-2-4-12(16)7-9-19-13-6-5-11(10-15-13)14(17)18/h5-6,10,12H,2-4,7-9H2,1H3,(H,17,18). The number of thioether (sulfide) groups is 1. The highest BCUT2D eigenvalue weighted by molar-refractivity contribution is 7.99. The van der Waals surface area contributed by atoms with Crippen LogP contribution in [0.4, 0.5) is 0 Å². The van der Waals surface area contributed by atoms with E-state index < -0.39 is 5.97 Å². The molecule has 0 aliphatic carbocycles. The van der Waals surface area contributed by atoms with Crippen LogP contribution in [-0.2, 0) is 0 Å². The van der Waals surface area contributed by atoms with Crippen molar-refractivity contribution in [1.29, 1.82) is 0 Å². The Bertz CT molecular complexity index is 422. The van der Waals surface area contributed by atoms with E-state index in [1.807, 2.05) is 0 Å². The van der Waals surface area contributed by atoms with Crippen LogP contribution >= 0.6 is 11.8 Å². The van der Waals surface area contributed by atoms with Gasteiger partial charge in [-0.2, -0.15) is 0 Å². The van der Waals surface area contributed by atoms with Crippen LogP contribution in [-0.4, -0.2) is 46.3 Å². The number of carbonyl (C=O) groups is 1. The van der Waals surface area contributed by atoms with Gasteiger partial charge < -0.3 is 10.0 Å². The Balaban J connectivity index is 1.77. The van der Waals surface area contributed by atoms with Crippen molar-refractivity contribution in [3.05, 3.63) is 23.9 Å². The predicted molar refractivity (Wildman–Crippen MR) is 76.8 cm³/mol. The van der Waals surface area contributed by atoms with Crippen LogP contribution in [0.15, 0.2) is 23.4 Å². The summed E-state index contributed by atoms with van der Waals surface area (Å²) >= 11 is 1.71. The van der Waals surface area contributed by atoms with Gasteiger partial charge in [0.2, 0.25) is 0 Å². The van der Waals surface area contributed by atoms with E-state index in [1.165, 1.54) is 38.4 Å².